The first-order valence-corrected chi connectivity index (χ1v) is 8.52. The van der Waals surface area contributed by atoms with Crippen molar-refractivity contribution in [3.05, 3.63) is 39.1 Å². The molecule has 1 atom stereocenters. The lowest BCUT2D eigenvalue weighted by Gasteiger charge is -2.21. The molecule has 25 heavy (non-hydrogen) atoms. The monoisotopic (exact) mass is 347 g/mol. The Hall–Kier alpha value is -2.42. The number of rotatable bonds is 5. The number of nitrogens with one attached hydrogen (secondary N) is 1. The molecule has 0 aliphatic carbocycles. The molecule has 136 valence electrons. The highest BCUT2D eigenvalue weighted by atomic mass is 16.2. The zero-order valence-corrected chi connectivity index (χ0v) is 15.1. The maximum Gasteiger partial charge on any atom is 0.332 e. The van der Waals surface area contributed by atoms with Crippen LogP contribution in [0.15, 0.2) is 22.0 Å². The van der Waals surface area contributed by atoms with Gasteiger partial charge in [-0.3, -0.25) is 13.9 Å². The van der Waals surface area contributed by atoms with Crippen molar-refractivity contribution in [2.75, 3.05) is 18.0 Å². The van der Waals surface area contributed by atoms with Gasteiger partial charge in [-0.2, -0.15) is 5.10 Å². The van der Waals surface area contributed by atoms with Crippen LogP contribution in [0, 0.1) is 0 Å². The first kappa shape index (κ1) is 17.4. The van der Waals surface area contributed by atoms with Gasteiger partial charge in [-0.15, -0.1) is 0 Å². The van der Waals surface area contributed by atoms with Crippen molar-refractivity contribution in [3.8, 4) is 0 Å². The minimum Gasteiger partial charge on any atom is -0.356 e. The first-order chi connectivity index (χ1) is 11.9. The van der Waals surface area contributed by atoms with Gasteiger partial charge in [-0.25, -0.2) is 14.5 Å². The predicted octanol–water partition coefficient (Wildman–Crippen LogP) is -0.375. The van der Waals surface area contributed by atoms with Gasteiger partial charge >= 0.3 is 5.69 Å². The van der Waals surface area contributed by atoms with E-state index in [1.165, 1.54) is 17.7 Å². The van der Waals surface area contributed by atoms with Crippen LogP contribution in [0.2, 0.25) is 0 Å². The Kier molecular flexibility index (Phi) is 4.76. The third-order valence-corrected chi connectivity index (χ3v) is 4.70. The van der Waals surface area contributed by atoms with E-state index in [2.05, 4.69) is 34.1 Å². The van der Waals surface area contributed by atoms with E-state index < -0.39 is 0 Å². The number of nitrogens with zero attached hydrogens (tertiary/aromatic N) is 6. The van der Waals surface area contributed by atoms with Gasteiger partial charge in [0.1, 0.15) is 18.0 Å². The van der Waals surface area contributed by atoms with Gasteiger partial charge in [0.25, 0.3) is 5.56 Å². The van der Waals surface area contributed by atoms with E-state index >= 15 is 0 Å². The Bertz CT molecular complexity index is 864. The molecule has 1 saturated heterocycles. The van der Waals surface area contributed by atoms with Crippen molar-refractivity contribution < 1.29 is 0 Å². The van der Waals surface area contributed by atoms with Gasteiger partial charge in [-0.1, -0.05) is 0 Å². The van der Waals surface area contributed by atoms with Crippen molar-refractivity contribution in [3.63, 3.8) is 0 Å². The fourth-order valence-corrected chi connectivity index (χ4v) is 3.23. The largest absolute Gasteiger partial charge is 0.356 e. The fourth-order valence-electron chi connectivity index (χ4n) is 3.23. The zero-order valence-electron chi connectivity index (χ0n) is 15.1. The van der Waals surface area contributed by atoms with E-state index in [-0.39, 0.29) is 23.3 Å². The van der Waals surface area contributed by atoms with Crippen molar-refractivity contribution in [1.82, 2.24) is 29.2 Å². The number of hydrogen-bond donors (Lipinski definition) is 1. The van der Waals surface area contributed by atoms with Gasteiger partial charge < -0.3 is 10.2 Å². The molecule has 9 nitrogen and oxygen atoms in total. The van der Waals surface area contributed by atoms with Gasteiger partial charge in [0.2, 0.25) is 0 Å². The molecule has 1 N–H and O–H groups in total. The van der Waals surface area contributed by atoms with Crippen LogP contribution < -0.4 is 21.5 Å². The molecule has 3 heterocycles. The lowest BCUT2D eigenvalue weighted by molar-refractivity contribution is 0.469. The summed E-state index contributed by atoms with van der Waals surface area (Å²) in [4.78, 5) is 30.4. The third-order valence-electron chi connectivity index (χ3n) is 4.70. The minimum atomic E-state index is -0.302. The standard InChI is InChI=1S/C16H25N7O2/c1-11(2)23-13(18-10-19-23)8-17-12-5-6-22(9-12)14-7-15(24)21(4)16(25)20(14)3/h7,10-12,17H,5-6,8-9H2,1-4H3/t12-/m1/s1. The summed E-state index contributed by atoms with van der Waals surface area (Å²) < 4.78 is 4.55. The molecule has 1 fully saturated rings. The van der Waals surface area contributed by atoms with Gasteiger partial charge in [0, 0.05) is 45.3 Å². The Morgan fingerprint density at radius 3 is 2.76 bits per heavy atom. The maximum atomic E-state index is 12.1. The lowest BCUT2D eigenvalue weighted by Crippen LogP contribution is -2.40. The first-order valence-electron chi connectivity index (χ1n) is 8.52. The van der Waals surface area contributed by atoms with Crippen LogP contribution in [0.4, 0.5) is 5.82 Å². The van der Waals surface area contributed by atoms with Crippen molar-refractivity contribution >= 4 is 5.82 Å². The summed E-state index contributed by atoms with van der Waals surface area (Å²) in [5, 5.41) is 7.75. The van der Waals surface area contributed by atoms with E-state index in [0.717, 1.165) is 29.9 Å². The van der Waals surface area contributed by atoms with Crippen molar-refractivity contribution in [2.45, 2.75) is 38.9 Å². The molecule has 2 aromatic heterocycles. The second-order valence-corrected chi connectivity index (χ2v) is 6.77. The summed E-state index contributed by atoms with van der Waals surface area (Å²) in [5.41, 5.74) is -0.580. The molecular formula is C16H25N7O2. The van der Waals surface area contributed by atoms with E-state index in [0.29, 0.717) is 12.4 Å². The van der Waals surface area contributed by atoms with Gasteiger partial charge in [0.15, 0.2) is 0 Å². The quantitative estimate of drug-likeness (QED) is 0.793. The lowest BCUT2D eigenvalue weighted by atomic mass is 10.2. The molecule has 0 unspecified atom stereocenters. The van der Waals surface area contributed by atoms with Crippen molar-refractivity contribution in [1.29, 1.82) is 0 Å². The molecule has 0 radical (unpaired) electrons. The molecule has 1 aliphatic rings. The Labute approximate surface area is 145 Å². The summed E-state index contributed by atoms with van der Waals surface area (Å²) in [6.07, 6.45) is 2.52. The highest BCUT2D eigenvalue weighted by Gasteiger charge is 2.25. The minimum absolute atomic E-state index is 0.273. The second kappa shape index (κ2) is 6.83. The summed E-state index contributed by atoms with van der Waals surface area (Å²) in [5.74, 6) is 1.58. The van der Waals surface area contributed by atoms with Gasteiger partial charge in [-0.05, 0) is 20.3 Å². The average molecular weight is 347 g/mol. The topological polar surface area (TPSA) is 90.0 Å². The average Bonchev–Trinajstić information content (AvgIpc) is 3.23. The highest BCUT2D eigenvalue weighted by Crippen LogP contribution is 2.17. The summed E-state index contributed by atoms with van der Waals surface area (Å²) in [6, 6.07) is 2.07. The summed E-state index contributed by atoms with van der Waals surface area (Å²) in [6.45, 7) is 6.34. The van der Waals surface area contributed by atoms with E-state index in [1.807, 2.05) is 4.68 Å². The van der Waals surface area contributed by atoms with Crippen LogP contribution in [0.3, 0.4) is 0 Å². The molecule has 0 bridgehead atoms. The molecule has 0 saturated carbocycles. The summed E-state index contributed by atoms with van der Waals surface area (Å²) in [7, 11) is 3.19. The Morgan fingerprint density at radius 2 is 2.04 bits per heavy atom. The van der Waals surface area contributed by atoms with E-state index in [9.17, 15) is 9.59 Å². The number of hydrogen-bond acceptors (Lipinski definition) is 6. The van der Waals surface area contributed by atoms with Crippen LogP contribution in [0.5, 0.6) is 0 Å². The normalized spacial score (nSPS) is 17.6. The molecule has 0 aromatic carbocycles. The Balaban J connectivity index is 1.67. The third kappa shape index (κ3) is 3.37. The second-order valence-electron chi connectivity index (χ2n) is 6.77. The van der Waals surface area contributed by atoms with Crippen molar-refractivity contribution in [2.24, 2.45) is 14.1 Å². The van der Waals surface area contributed by atoms with Crippen LogP contribution >= 0.6 is 0 Å². The predicted molar refractivity (Wildman–Crippen MR) is 94.8 cm³/mol. The number of aromatic nitrogens is 5. The molecule has 9 heteroatoms. The maximum absolute atomic E-state index is 12.1. The van der Waals surface area contributed by atoms with Crippen LogP contribution in [-0.4, -0.2) is 43.0 Å². The van der Waals surface area contributed by atoms with Crippen LogP contribution in [-0.2, 0) is 20.6 Å². The van der Waals surface area contributed by atoms with E-state index in [1.54, 1.807) is 13.4 Å². The Morgan fingerprint density at radius 1 is 1.28 bits per heavy atom. The molecule has 0 amide bonds. The van der Waals surface area contributed by atoms with E-state index in [4.69, 9.17) is 0 Å². The smallest absolute Gasteiger partial charge is 0.332 e. The fraction of sp³-hybridized carbons (Fsp3) is 0.625. The highest BCUT2D eigenvalue weighted by molar-refractivity contribution is 5.40. The molecule has 0 spiro atoms. The SMILES string of the molecule is CC(C)n1ncnc1CN[C@@H]1CCN(c2cc(=O)n(C)c(=O)n2C)C1. The molecule has 2 aromatic rings. The number of anilines is 1. The molecular weight excluding hydrogens is 322 g/mol. The van der Waals surface area contributed by atoms with Crippen LogP contribution in [0.25, 0.3) is 0 Å². The van der Waals surface area contributed by atoms with Gasteiger partial charge in [0.05, 0.1) is 6.54 Å². The van der Waals surface area contributed by atoms with Crippen LogP contribution in [0.1, 0.15) is 32.1 Å². The molecule has 3 rings (SSSR count). The zero-order chi connectivity index (χ0) is 18.1. The summed E-state index contributed by atoms with van der Waals surface area (Å²) >= 11 is 0. The molecule has 1 aliphatic heterocycles.